The van der Waals surface area contributed by atoms with E-state index in [1.165, 1.54) is 6.07 Å². The van der Waals surface area contributed by atoms with Gasteiger partial charge in [-0.1, -0.05) is 17.7 Å². The largest absolute Gasteiger partial charge is 0.480 e. The molecular formula is C13H16FNO2. The molecule has 1 atom stereocenters. The molecule has 1 aliphatic rings. The topological polar surface area (TPSA) is 40.5 Å². The summed E-state index contributed by atoms with van der Waals surface area (Å²) in [4.78, 5) is 12.9. The monoisotopic (exact) mass is 237 g/mol. The van der Waals surface area contributed by atoms with Crippen LogP contribution < -0.4 is 0 Å². The summed E-state index contributed by atoms with van der Waals surface area (Å²) in [6.07, 6.45) is 1.52. The van der Waals surface area contributed by atoms with E-state index in [0.717, 1.165) is 18.5 Å². The highest BCUT2D eigenvalue weighted by Crippen LogP contribution is 2.21. The van der Waals surface area contributed by atoms with Crippen molar-refractivity contribution in [3.8, 4) is 0 Å². The van der Waals surface area contributed by atoms with Crippen molar-refractivity contribution in [3.05, 3.63) is 35.1 Å². The summed E-state index contributed by atoms with van der Waals surface area (Å²) in [7, 11) is 0. The number of carbonyl (C=O) groups is 1. The Kier molecular flexibility index (Phi) is 3.43. The number of likely N-dealkylation sites (tertiary alicyclic amines) is 1. The molecule has 0 radical (unpaired) electrons. The van der Waals surface area contributed by atoms with E-state index >= 15 is 0 Å². The Morgan fingerprint density at radius 2 is 2.35 bits per heavy atom. The first kappa shape index (κ1) is 12.0. The number of hydrogen-bond donors (Lipinski definition) is 1. The SMILES string of the molecule is Cc1ccc(F)c(CN2CCC[C@H]2C(=O)O)c1. The van der Waals surface area contributed by atoms with Gasteiger partial charge in [0.15, 0.2) is 0 Å². The van der Waals surface area contributed by atoms with Crippen LogP contribution in [-0.4, -0.2) is 28.6 Å². The Balaban J connectivity index is 2.15. The Morgan fingerprint density at radius 1 is 1.59 bits per heavy atom. The van der Waals surface area contributed by atoms with E-state index in [2.05, 4.69) is 0 Å². The zero-order valence-electron chi connectivity index (χ0n) is 9.82. The number of hydrogen-bond acceptors (Lipinski definition) is 2. The molecular weight excluding hydrogens is 221 g/mol. The van der Waals surface area contributed by atoms with Crippen molar-refractivity contribution in [3.63, 3.8) is 0 Å². The molecule has 92 valence electrons. The number of carboxylic acid groups (broad SMARTS) is 1. The average molecular weight is 237 g/mol. The van der Waals surface area contributed by atoms with Crippen LogP contribution in [0.25, 0.3) is 0 Å². The van der Waals surface area contributed by atoms with Crippen molar-refractivity contribution >= 4 is 5.97 Å². The fraction of sp³-hybridized carbons (Fsp3) is 0.462. The zero-order valence-corrected chi connectivity index (χ0v) is 9.82. The molecule has 0 amide bonds. The standard InChI is InChI=1S/C13H16FNO2/c1-9-4-5-11(14)10(7-9)8-15-6-2-3-12(15)13(16)17/h4-5,7,12H,2-3,6,8H2,1H3,(H,16,17)/t12-/m0/s1. The van der Waals surface area contributed by atoms with Gasteiger partial charge in [-0.3, -0.25) is 9.69 Å². The van der Waals surface area contributed by atoms with Crippen LogP contribution in [0.4, 0.5) is 4.39 Å². The van der Waals surface area contributed by atoms with E-state index in [4.69, 9.17) is 5.11 Å². The number of aliphatic carboxylic acids is 1. The molecule has 1 aromatic carbocycles. The number of aryl methyl sites for hydroxylation is 1. The van der Waals surface area contributed by atoms with Gasteiger partial charge < -0.3 is 5.11 Å². The molecule has 17 heavy (non-hydrogen) atoms. The smallest absolute Gasteiger partial charge is 0.320 e. The van der Waals surface area contributed by atoms with Gasteiger partial charge in [-0.05, 0) is 32.4 Å². The van der Waals surface area contributed by atoms with Gasteiger partial charge in [0.05, 0.1) is 0 Å². The van der Waals surface area contributed by atoms with Gasteiger partial charge in [0, 0.05) is 12.1 Å². The molecule has 3 nitrogen and oxygen atoms in total. The average Bonchev–Trinajstić information content (AvgIpc) is 2.71. The van der Waals surface area contributed by atoms with Crippen LogP contribution in [0.5, 0.6) is 0 Å². The molecule has 1 aromatic rings. The number of carboxylic acids is 1. The lowest BCUT2D eigenvalue weighted by Gasteiger charge is -2.21. The summed E-state index contributed by atoms with van der Waals surface area (Å²) in [6, 6.07) is 4.48. The van der Waals surface area contributed by atoms with Crippen LogP contribution in [0.2, 0.25) is 0 Å². The number of nitrogens with zero attached hydrogens (tertiary/aromatic N) is 1. The lowest BCUT2D eigenvalue weighted by Crippen LogP contribution is -2.35. The summed E-state index contributed by atoms with van der Waals surface area (Å²) < 4.78 is 13.6. The van der Waals surface area contributed by atoms with Crippen LogP contribution in [0.1, 0.15) is 24.0 Å². The fourth-order valence-corrected chi connectivity index (χ4v) is 2.34. The van der Waals surface area contributed by atoms with Gasteiger partial charge in [-0.15, -0.1) is 0 Å². The van der Waals surface area contributed by atoms with E-state index in [0.29, 0.717) is 18.5 Å². The van der Waals surface area contributed by atoms with Crippen LogP contribution in [0.15, 0.2) is 18.2 Å². The summed E-state index contributed by atoms with van der Waals surface area (Å²) >= 11 is 0. The fourth-order valence-electron chi connectivity index (χ4n) is 2.34. The molecule has 0 aliphatic carbocycles. The highest BCUT2D eigenvalue weighted by atomic mass is 19.1. The summed E-state index contributed by atoms with van der Waals surface area (Å²) in [5, 5.41) is 9.05. The van der Waals surface area contributed by atoms with E-state index < -0.39 is 12.0 Å². The van der Waals surface area contributed by atoms with E-state index in [9.17, 15) is 9.18 Å². The first-order chi connectivity index (χ1) is 8.08. The molecule has 1 N–H and O–H groups in total. The van der Waals surface area contributed by atoms with Crippen molar-refractivity contribution in [2.45, 2.75) is 32.4 Å². The second-order valence-electron chi connectivity index (χ2n) is 4.56. The lowest BCUT2D eigenvalue weighted by atomic mass is 10.1. The second-order valence-corrected chi connectivity index (χ2v) is 4.56. The quantitative estimate of drug-likeness (QED) is 0.876. The third kappa shape index (κ3) is 2.64. The highest BCUT2D eigenvalue weighted by Gasteiger charge is 2.30. The minimum absolute atomic E-state index is 0.258. The molecule has 0 saturated carbocycles. The molecule has 0 aromatic heterocycles. The summed E-state index contributed by atoms with van der Waals surface area (Å²) in [5.74, 6) is -1.07. The maximum absolute atomic E-state index is 13.6. The van der Waals surface area contributed by atoms with Crippen LogP contribution in [-0.2, 0) is 11.3 Å². The van der Waals surface area contributed by atoms with E-state index in [1.807, 2.05) is 11.8 Å². The predicted molar refractivity (Wildman–Crippen MR) is 62.2 cm³/mol. The van der Waals surface area contributed by atoms with E-state index in [1.54, 1.807) is 12.1 Å². The van der Waals surface area contributed by atoms with E-state index in [-0.39, 0.29) is 5.82 Å². The van der Waals surface area contributed by atoms with Gasteiger partial charge >= 0.3 is 5.97 Å². The van der Waals surface area contributed by atoms with Crippen molar-refractivity contribution in [2.75, 3.05) is 6.54 Å². The second kappa shape index (κ2) is 4.84. The van der Waals surface area contributed by atoms with Crippen LogP contribution >= 0.6 is 0 Å². The van der Waals surface area contributed by atoms with Crippen molar-refractivity contribution < 1.29 is 14.3 Å². The minimum atomic E-state index is -0.810. The molecule has 1 fully saturated rings. The Hall–Kier alpha value is -1.42. The molecule has 2 rings (SSSR count). The number of halogens is 1. The Labute approximate surface area is 99.9 Å². The maximum Gasteiger partial charge on any atom is 0.320 e. The maximum atomic E-state index is 13.6. The van der Waals surface area contributed by atoms with Crippen molar-refractivity contribution in [2.24, 2.45) is 0 Å². The third-order valence-electron chi connectivity index (χ3n) is 3.22. The molecule has 1 heterocycles. The molecule has 0 spiro atoms. The molecule has 1 saturated heterocycles. The van der Waals surface area contributed by atoms with Gasteiger partial charge in [0.2, 0.25) is 0 Å². The first-order valence-corrected chi connectivity index (χ1v) is 5.80. The van der Waals surface area contributed by atoms with Gasteiger partial charge in [-0.2, -0.15) is 0 Å². The van der Waals surface area contributed by atoms with Gasteiger partial charge in [0.1, 0.15) is 11.9 Å². The first-order valence-electron chi connectivity index (χ1n) is 5.80. The van der Waals surface area contributed by atoms with Crippen molar-refractivity contribution in [1.29, 1.82) is 0 Å². The number of benzene rings is 1. The molecule has 4 heteroatoms. The summed E-state index contributed by atoms with van der Waals surface area (Å²) in [5.41, 5.74) is 1.57. The third-order valence-corrected chi connectivity index (χ3v) is 3.22. The van der Waals surface area contributed by atoms with Crippen LogP contribution in [0.3, 0.4) is 0 Å². The Morgan fingerprint density at radius 3 is 3.06 bits per heavy atom. The Bertz CT molecular complexity index is 433. The van der Waals surface area contributed by atoms with Crippen molar-refractivity contribution in [1.82, 2.24) is 4.90 Å². The molecule has 0 unspecified atom stereocenters. The van der Waals surface area contributed by atoms with Gasteiger partial charge in [0.25, 0.3) is 0 Å². The lowest BCUT2D eigenvalue weighted by molar-refractivity contribution is -0.142. The minimum Gasteiger partial charge on any atom is -0.480 e. The predicted octanol–water partition coefficient (Wildman–Crippen LogP) is 2.18. The normalized spacial score (nSPS) is 20.7. The zero-order chi connectivity index (χ0) is 12.4. The summed E-state index contributed by atoms with van der Waals surface area (Å²) in [6.45, 7) is 3.01. The van der Waals surface area contributed by atoms with Gasteiger partial charge in [-0.25, -0.2) is 4.39 Å². The highest BCUT2D eigenvalue weighted by molar-refractivity contribution is 5.73. The van der Waals surface area contributed by atoms with Crippen LogP contribution in [0, 0.1) is 12.7 Å². The molecule has 1 aliphatic heterocycles. The number of rotatable bonds is 3. The molecule has 0 bridgehead atoms.